The van der Waals surface area contributed by atoms with E-state index in [2.05, 4.69) is 5.32 Å². The molecule has 122 valence electrons. The Hall–Kier alpha value is -0.730. The molecule has 1 N–H and O–H groups in total. The third-order valence-electron chi connectivity index (χ3n) is 5.00. The second-order valence-corrected chi connectivity index (χ2v) is 7.97. The van der Waals surface area contributed by atoms with E-state index < -0.39 is 5.60 Å². The molecule has 0 radical (unpaired) electrons. The van der Waals surface area contributed by atoms with Gasteiger partial charge in [-0.05, 0) is 58.3 Å². The molecule has 21 heavy (non-hydrogen) atoms. The quantitative estimate of drug-likeness (QED) is 0.792. The molecular formula is C18H33NO2. The summed E-state index contributed by atoms with van der Waals surface area (Å²) in [6.45, 7) is 5.80. The molecule has 2 fully saturated rings. The van der Waals surface area contributed by atoms with Gasteiger partial charge in [-0.1, -0.05) is 38.5 Å². The van der Waals surface area contributed by atoms with Crippen molar-refractivity contribution in [1.29, 1.82) is 0 Å². The molecule has 0 bridgehead atoms. The van der Waals surface area contributed by atoms with Crippen LogP contribution in [0.5, 0.6) is 0 Å². The van der Waals surface area contributed by atoms with Crippen molar-refractivity contribution in [2.45, 2.75) is 96.6 Å². The largest absolute Gasteiger partial charge is 0.444 e. The Bertz CT molecular complexity index is 305. The van der Waals surface area contributed by atoms with Crippen molar-refractivity contribution in [3.05, 3.63) is 0 Å². The SMILES string of the molecule is CC(C)(C)OC(=O)NC(C1CCCCC1)C1CCCCC1. The van der Waals surface area contributed by atoms with E-state index in [1.54, 1.807) is 0 Å². The maximum atomic E-state index is 12.2. The average Bonchev–Trinajstić information content (AvgIpc) is 2.45. The fourth-order valence-electron chi connectivity index (χ4n) is 4.05. The molecule has 2 saturated carbocycles. The monoisotopic (exact) mass is 295 g/mol. The molecule has 1 amide bonds. The Morgan fingerprint density at radius 3 is 1.71 bits per heavy atom. The predicted octanol–water partition coefficient (Wildman–Crippen LogP) is 5.04. The van der Waals surface area contributed by atoms with E-state index >= 15 is 0 Å². The van der Waals surface area contributed by atoms with Crippen LogP contribution in [0.25, 0.3) is 0 Å². The highest BCUT2D eigenvalue weighted by Gasteiger charge is 2.33. The summed E-state index contributed by atoms with van der Waals surface area (Å²) in [5.41, 5.74) is -0.409. The summed E-state index contributed by atoms with van der Waals surface area (Å²) in [6.07, 6.45) is 12.9. The van der Waals surface area contributed by atoms with Crippen molar-refractivity contribution < 1.29 is 9.53 Å². The number of alkyl carbamates (subject to hydrolysis) is 1. The summed E-state index contributed by atoms with van der Waals surface area (Å²) in [5, 5.41) is 3.25. The first-order valence-electron chi connectivity index (χ1n) is 8.95. The Balaban J connectivity index is 1.98. The molecule has 0 aromatic carbocycles. The van der Waals surface area contributed by atoms with Crippen molar-refractivity contribution in [3.8, 4) is 0 Å². The number of carbonyl (C=O) groups is 1. The zero-order valence-corrected chi connectivity index (χ0v) is 14.1. The highest BCUT2D eigenvalue weighted by Crippen LogP contribution is 2.35. The summed E-state index contributed by atoms with van der Waals surface area (Å²) in [6, 6.07) is 0.334. The highest BCUT2D eigenvalue weighted by atomic mass is 16.6. The third kappa shape index (κ3) is 5.52. The summed E-state index contributed by atoms with van der Waals surface area (Å²) >= 11 is 0. The van der Waals surface area contributed by atoms with Crippen LogP contribution in [0, 0.1) is 11.8 Å². The van der Waals surface area contributed by atoms with Gasteiger partial charge in [0.15, 0.2) is 0 Å². The minimum Gasteiger partial charge on any atom is -0.444 e. The van der Waals surface area contributed by atoms with Crippen LogP contribution in [-0.2, 0) is 4.74 Å². The van der Waals surface area contributed by atoms with E-state index in [0.717, 1.165) is 0 Å². The van der Waals surface area contributed by atoms with Crippen LogP contribution in [0.1, 0.15) is 85.0 Å². The van der Waals surface area contributed by atoms with E-state index in [1.165, 1.54) is 64.2 Å². The normalized spacial score (nSPS) is 22.3. The van der Waals surface area contributed by atoms with Crippen molar-refractivity contribution in [2.75, 3.05) is 0 Å². The van der Waals surface area contributed by atoms with Gasteiger partial charge in [-0.25, -0.2) is 4.79 Å². The van der Waals surface area contributed by atoms with Gasteiger partial charge in [-0.15, -0.1) is 0 Å². The number of nitrogens with one attached hydrogen (secondary N) is 1. The number of hydrogen-bond donors (Lipinski definition) is 1. The van der Waals surface area contributed by atoms with Gasteiger partial charge < -0.3 is 10.1 Å². The first kappa shape index (κ1) is 16.6. The third-order valence-corrected chi connectivity index (χ3v) is 5.00. The molecular weight excluding hydrogens is 262 g/mol. The van der Waals surface area contributed by atoms with Gasteiger partial charge in [0.2, 0.25) is 0 Å². The molecule has 3 nitrogen and oxygen atoms in total. The number of hydrogen-bond acceptors (Lipinski definition) is 2. The van der Waals surface area contributed by atoms with Crippen LogP contribution in [0.3, 0.4) is 0 Å². The second kappa shape index (κ2) is 7.51. The van der Waals surface area contributed by atoms with Gasteiger partial charge in [0, 0.05) is 6.04 Å². The molecule has 0 aromatic heterocycles. The molecule has 0 aliphatic heterocycles. The lowest BCUT2D eigenvalue weighted by Crippen LogP contribution is -2.48. The van der Waals surface area contributed by atoms with Gasteiger partial charge in [-0.2, -0.15) is 0 Å². The van der Waals surface area contributed by atoms with Gasteiger partial charge in [0.1, 0.15) is 5.60 Å². The lowest BCUT2D eigenvalue weighted by Gasteiger charge is -2.38. The minimum atomic E-state index is -0.409. The van der Waals surface area contributed by atoms with E-state index in [0.29, 0.717) is 17.9 Å². The van der Waals surface area contributed by atoms with Gasteiger partial charge in [-0.3, -0.25) is 0 Å². The van der Waals surface area contributed by atoms with Crippen LogP contribution in [-0.4, -0.2) is 17.7 Å². The van der Waals surface area contributed by atoms with Crippen molar-refractivity contribution >= 4 is 6.09 Å². The number of amides is 1. The maximum Gasteiger partial charge on any atom is 0.407 e. The van der Waals surface area contributed by atoms with Crippen LogP contribution in [0.4, 0.5) is 4.79 Å². The van der Waals surface area contributed by atoms with Gasteiger partial charge in [0.25, 0.3) is 0 Å². The predicted molar refractivity (Wildman–Crippen MR) is 86.3 cm³/mol. The van der Waals surface area contributed by atoms with Crippen LogP contribution in [0.2, 0.25) is 0 Å². The maximum absolute atomic E-state index is 12.2. The number of carbonyl (C=O) groups excluding carboxylic acids is 1. The number of ether oxygens (including phenoxy) is 1. The van der Waals surface area contributed by atoms with Crippen molar-refractivity contribution in [1.82, 2.24) is 5.32 Å². The molecule has 3 heteroatoms. The van der Waals surface area contributed by atoms with E-state index in [4.69, 9.17) is 4.74 Å². The van der Waals surface area contributed by atoms with Crippen LogP contribution < -0.4 is 5.32 Å². The zero-order valence-electron chi connectivity index (χ0n) is 14.1. The highest BCUT2D eigenvalue weighted by molar-refractivity contribution is 5.68. The molecule has 0 unspecified atom stereocenters. The lowest BCUT2D eigenvalue weighted by atomic mass is 9.74. The Morgan fingerprint density at radius 2 is 1.33 bits per heavy atom. The number of rotatable bonds is 3. The van der Waals surface area contributed by atoms with E-state index in [-0.39, 0.29) is 6.09 Å². The zero-order chi connectivity index (χ0) is 15.3. The van der Waals surface area contributed by atoms with Crippen LogP contribution >= 0.6 is 0 Å². The molecule has 0 aromatic rings. The fourth-order valence-corrected chi connectivity index (χ4v) is 4.05. The van der Waals surface area contributed by atoms with Crippen molar-refractivity contribution in [3.63, 3.8) is 0 Å². The van der Waals surface area contributed by atoms with Gasteiger partial charge in [0.05, 0.1) is 0 Å². The topological polar surface area (TPSA) is 38.3 Å². The van der Waals surface area contributed by atoms with E-state index in [1.807, 2.05) is 20.8 Å². The minimum absolute atomic E-state index is 0.219. The van der Waals surface area contributed by atoms with Crippen molar-refractivity contribution in [2.24, 2.45) is 11.8 Å². The van der Waals surface area contributed by atoms with Gasteiger partial charge >= 0.3 is 6.09 Å². The summed E-state index contributed by atoms with van der Waals surface area (Å²) in [5.74, 6) is 1.32. The lowest BCUT2D eigenvalue weighted by molar-refractivity contribution is 0.0428. The smallest absolute Gasteiger partial charge is 0.407 e. The summed E-state index contributed by atoms with van der Waals surface area (Å²) in [7, 11) is 0. The Morgan fingerprint density at radius 1 is 0.905 bits per heavy atom. The Kier molecular flexibility index (Phi) is 5.95. The van der Waals surface area contributed by atoms with Crippen LogP contribution in [0.15, 0.2) is 0 Å². The molecule has 0 atom stereocenters. The molecule has 0 spiro atoms. The Labute approximate surface area is 130 Å². The standard InChI is InChI=1S/C18H33NO2/c1-18(2,3)21-17(20)19-16(14-10-6-4-7-11-14)15-12-8-5-9-13-15/h14-16H,4-13H2,1-3H3,(H,19,20). The molecule has 2 aliphatic rings. The molecule has 2 aliphatic carbocycles. The molecule has 0 heterocycles. The molecule has 2 rings (SSSR count). The average molecular weight is 295 g/mol. The van der Waals surface area contributed by atoms with E-state index in [9.17, 15) is 4.79 Å². The fraction of sp³-hybridized carbons (Fsp3) is 0.944. The molecule has 0 saturated heterocycles. The first-order chi connectivity index (χ1) is 9.96. The first-order valence-corrected chi connectivity index (χ1v) is 8.95. The summed E-state index contributed by atoms with van der Waals surface area (Å²) in [4.78, 5) is 12.2. The summed E-state index contributed by atoms with van der Waals surface area (Å²) < 4.78 is 5.50. The second-order valence-electron chi connectivity index (χ2n) is 7.97.